The van der Waals surface area contributed by atoms with Crippen molar-refractivity contribution < 1.29 is 14.8 Å². The van der Waals surface area contributed by atoms with Gasteiger partial charge in [-0.05, 0) is 30.2 Å². The smallest absolute Gasteiger partial charge is 0.330 e. The fraction of sp³-hybridized carbons (Fsp3) is 0.105. The molecule has 0 aliphatic heterocycles. The highest BCUT2D eigenvalue weighted by Crippen LogP contribution is 2.22. The van der Waals surface area contributed by atoms with Crippen LogP contribution in [0.25, 0.3) is 6.08 Å². The van der Waals surface area contributed by atoms with Crippen LogP contribution in [0.1, 0.15) is 24.0 Å². The quantitative estimate of drug-likeness (QED) is 0.484. The molecule has 1 unspecified atom stereocenters. The predicted octanol–water partition coefficient (Wildman–Crippen LogP) is 4.42. The Labute approximate surface area is 139 Å². The van der Waals surface area contributed by atoms with Gasteiger partial charge in [-0.2, -0.15) is 0 Å². The van der Waals surface area contributed by atoms with Crippen LogP contribution in [0, 0.1) is 10.1 Å². The monoisotopic (exact) mass is 323 g/mol. The molecule has 0 bridgehead atoms. The number of carboxylic acid groups (broad SMARTS) is 1. The number of aliphatic carboxylic acids is 1. The minimum Gasteiger partial charge on any atom is -0.478 e. The van der Waals surface area contributed by atoms with E-state index in [0.29, 0.717) is 0 Å². The molecule has 0 radical (unpaired) electrons. The lowest BCUT2D eigenvalue weighted by atomic mass is 9.95. The average molecular weight is 323 g/mol. The molecule has 0 amide bonds. The molecule has 122 valence electrons. The molecule has 2 aromatic carbocycles. The van der Waals surface area contributed by atoms with E-state index in [1.807, 2.05) is 42.5 Å². The molecule has 0 aliphatic carbocycles. The summed E-state index contributed by atoms with van der Waals surface area (Å²) in [5.41, 5.74) is 2.07. The number of carboxylic acids is 1. The summed E-state index contributed by atoms with van der Waals surface area (Å²) in [4.78, 5) is 21.3. The summed E-state index contributed by atoms with van der Waals surface area (Å²) in [7, 11) is 0. The maximum absolute atomic E-state index is 11.1. The van der Waals surface area contributed by atoms with E-state index in [4.69, 9.17) is 5.11 Å². The van der Waals surface area contributed by atoms with Crippen molar-refractivity contribution in [2.75, 3.05) is 0 Å². The summed E-state index contributed by atoms with van der Waals surface area (Å²) in [5, 5.41) is 19.8. The molecule has 1 N–H and O–H groups in total. The van der Waals surface area contributed by atoms with Crippen molar-refractivity contribution in [2.24, 2.45) is 0 Å². The third-order valence-corrected chi connectivity index (χ3v) is 3.55. The Balaban J connectivity index is 2.29. The number of nitro groups is 1. The van der Waals surface area contributed by atoms with Crippen LogP contribution in [-0.2, 0) is 4.79 Å². The van der Waals surface area contributed by atoms with Gasteiger partial charge in [0.05, 0.1) is 4.92 Å². The topological polar surface area (TPSA) is 80.4 Å². The molecule has 0 saturated heterocycles. The Morgan fingerprint density at radius 2 is 1.75 bits per heavy atom. The fourth-order valence-electron chi connectivity index (χ4n) is 2.20. The highest BCUT2D eigenvalue weighted by atomic mass is 16.6. The van der Waals surface area contributed by atoms with Gasteiger partial charge in [0.2, 0.25) is 0 Å². The Bertz CT molecular complexity index is 777. The van der Waals surface area contributed by atoms with Gasteiger partial charge in [-0.15, -0.1) is 0 Å². The second kappa shape index (κ2) is 7.87. The molecule has 2 aromatic rings. The summed E-state index contributed by atoms with van der Waals surface area (Å²) < 4.78 is 0. The van der Waals surface area contributed by atoms with E-state index in [-0.39, 0.29) is 17.2 Å². The third kappa shape index (κ3) is 4.64. The number of benzene rings is 2. The minimum atomic E-state index is -0.959. The zero-order valence-corrected chi connectivity index (χ0v) is 13.1. The second-order valence-electron chi connectivity index (χ2n) is 5.30. The highest BCUT2D eigenvalue weighted by Gasteiger charge is 2.09. The summed E-state index contributed by atoms with van der Waals surface area (Å²) >= 11 is 0. The van der Waals surface area contributed by atoms with Gasteiger partial charge in [0, 0.05) is 23.6 Å². The molecule has 2 rings (SSSR count). The van der Waals surface area contributed by atoms with Gasteiger partial charge in [-0.25, -0.2) is 4.79 Å². The number of non-ortho nitro benzene ring substituents is 1. The van der Waals surface area contributed by atoms with E-state index in [9.17, 15) is 14.9 Å². The number of carbonyl (C=O) groups is 1. The maximum atomic E-state index is 11.1. The number of allylic oxidation sites excluding steroid dienone is 2. The number of hydrogen-bond donors (Lipinski definition) is 1. The van der Waals surface area contributed by atoms with Crippen LogP contribution in [0.15, 0.2) is 72.3 Å². The van der Waals surface area contributed by atoms with E-state index in [0.717, 1.165) is 11.1 Å². The highest BCUT2D eigenvalue weighted by molar-refractivity contribution is 5.86. The Morgan fingerprint density at radius 3 is 2.29 bits per heavy atom. The lowest BCUT2D eigenvalue weighted by Gasteiger charge is -2.09. The number of rotatable bonds is 6. The van der Waals surface area contributed by atoms with Gasteiger partial charge in [0.25, 0.3) is 5.69 Å². The number of nitrogens with zero attached hydrogens (tertiary/aromatic N) is 1. The summed E-state index contributed by atoms with van der Waals surface area (Å²) in [6.07, 6.45) is 5.38. The van der Waals surface area contributed by atoms with E-state index in [1.165, 1.54) is 12.1 Å². The Hall–Kier alpha value is -3.21. The van der Waals surface area contributed by atoms with Crippen molar-refractivity contribution in [1.29, 1.82) is 0 Å². The maximum Gasteiger partial charge on any atom is 0.330 e. The van der Waals surface area contributed by atoms with Crippen LogP contribution in [0.3, 0.4) is 0 Å². The first kappa shape index (κ1) is 17.1. The SMILES string of the molecule is CC(=CC(C=Cc1ccc([N+](=O)[O-])cc1)c1ccccc1)C(=O)O. The van der Waals surface area contributed by atoms with Crippen molar-refractivity contribution in [3.05, 3.63) is 93.6 Å². The normalized spacial score (nSPS) is 13.0. The molecule has 0 fully saturated rings. The van der Waals surface area contributed by atoms with E-state index in [2.05, 4.69) is 0 Å². The first-order valence-electron chi connectivity index (χ1n) is 7.36. The van der Waals surface area contributed by atoms with Crippen molar-refractivity contribution in [3.63, 3.8) is 0 Å². The molecule has 0 aliphatic rings. The van der Waals surface area contributed by atoms with Crippen LogP contribution in [0.2, 0.25) is 0 Å². The summed E-state index contributed by atoms with van der Waals surface area (Å²) in [5.74, 6) is -1.16. The first-order valence-corrected chi connectivity index (χ1v) is 7.36. The van der Waals surface area contributed by atoms with Gasteiger partial charge in [-0.3, -0.25) is 10.1 Å². The van der Waals surface area contributed by atoms with E-state index >= 15 is 0 Å². The zero-order valence-electron chi connectivity index (χ0n) is 13.1. The molecular formula is C19H17NO4. The van der Waals surface area contributed by atoms with Gasteiger partial charge in [0.1, 0.15) is 0 Å². The van der Waals surface area contributed by atoms with Crippen molar-refractivity contribution in [3.8, 4) is 0 Å². The van der Waals surface area contributed by atoms with Crippen molar-refractivity contribution >= 4 is 17.7 Å². The lowest BCUT2D eigenvalue weighted by Crippen LogP contribution is -2.00. The van der Waals surface area contributed by atoms with Gasteiger partial charge in [-0.1, -0.05) is 48.6 Å². The minimum absolute atomic E-state index is 0.0355. The molecule has 0 aromatic heterocycles. The Morgan fingerprint density at radius 1 is 1.12 bits per heavy atom. The van der Waals surface area contributed by atoms with Crippen LogP contribution < -0.4 is 0 Å². The van der Waals surface area contributed by atoms with E-state index in [1.54, 1.807) is 25.1 Å². The fourth-order valence-corrected chi connectivity index (χ4v) is 2.20. The first-order chi connectivity index (χ1) is 11.5. The van der Waals surface area contributed by atoms with Crippen LogP contribution in [-0.4, -0.2) is 16.0 Å². The second-order valence-corrected chi connectivity index (χ2v) is 5.30. The predicted molar refractivity (Wildman–Crippen MR) is 92.7 cm³/mol. The van der Waals surface area contributed by atoms with Crippen molar-refractivity contribution in [2.45, 2.75) is 12.8 Å². The number of hydrogen-bond acceptors (Lipinski definition) is 3. The standard InChI is InChI=1S/C19H17NO4/c1-14(19(21)22)13-17(16-5-3-2-4-6-16)10-7-15-8-11-18(12-9-15)20(23)24/h2-13,17H,1H3,(H,21,22). The molecule has 0 heterocycles. The Kier molecular flexibility index (Phi) is 5.63. The molecule has 0 spiro atoms. The lowest BCUT2D eigenvalue weighted by molar-refractivity contribution is -0.384. The number of nitro benzene ring substituents is 1. The molecule has 0 saturated carbocycles. The van der Waals surface area contributed by atoms with E-state index < -0.39 is 10.9 Å². The van der Waals surface area contributed by atoms with Crippen LogP contribution >= 0.6 is 0 Å². The van der Waals surface area contributed by atoms with Gasteiger partial charge in [0.15, 0.2) is 0 Å². The molecule has 5 nitrogen and oxygen atoms in total. The zero-order chi connectivity index (χ0) is 17.5. The van der Waals surface area contributed by atoms with Crippen LogP contribution in [0.5, 0.6) is 0 Å². The molecular weight excluding hydrogens is 306 g/mol. The molecule has 24 heavy (non-hydrogen) atoms. The van der Waals surface area contributed by atoms with Gasteiger partial charge < -0.3 is 5.11 Å². The largest absolute Gasteiger partial charge is 0.478 e. The van der Waals surface area contributed by atoms with Crippen LogP contribution in [0.4, 0.5) is 5.69 Å². The molecule has 1 atom stereocenters. The average Bonchev–Trinajstić information content (AvgIpc) is 2.59. The summed E-state index contributed by atoms with van der Waals surface area (Å²) in [6, 6.07) is 15.7. The summed E-state index contributed by atoms with van der Waals surface area (Å²) in [6.45, 7) is 1.55. The third-order valence-electron chi connectivity index (χ3n) is 3.55. The van der Waals surface area contributed by atoms with Gasteiger partial charge >= 0.3 is 5.97 Å². The molecule has 5 heteroatoms. The van der Waals surface area contributed by atoms with Crippen molar-refractivity contribution in [1.82, 2.24) is 0 Å².